The van der Waals surface area contributed by atoms with Gasteiger partial charge in [0.1, 0.15) is 17.3 Å². The Labute approximate surface area is 191 Å². The predicted molar refractivity (Wildman–Crippen MR) is 125 cm³/mol. The molecular formula is C27H24FNO4. The number of methoxy groups -OCH3 is 1. The van der Waals surface area contributed by atoms with Gasteiger partial charge in [0.2, 0.25) is 0 Å². The number of ketones is 1. The number of aliphatic hydroxyl groups excluding tert-OH is 1. The zero-order valence-corrected chi connectivity index (χ0v) is 18.8. The molecule has 5 nitrogen and oxygen atoms in total. The molecular weight excluding hydrogens is 421 g/mol. The summed E-state index contributed by atoms with van der Waals surface area (Å²) in [5, 5.41) is 11.4. The maximum absolute atomic E-state index is 14.0. The number of Topliss-reactive ketones (excluding diaryl/α,β-unsaturated/α-hetero) is 1. The molecule has 0 bridgehead atoms. The van der Waals surface area contributed by atoms with Gasteiger partial charge in [-0.3, -0.25) is 14.5 Å². The molecule has 33 heavy (non-hydrogen) atoms. The number of nitrogens with zero attached hydrogens (tertiary/aromatic N) is 1. The zero-order chi connectivity index (χ0) is 23.9. The fraction of sp³-hybridized carbons (Fsp3) is 0.185. The molecule has 1 unspecified atom stereocenters. The Balaban J connectivity index is 2.02. The van der Waals surface area contributed by atoms with Gasteiger partial charge < -0.3 is 9.84 Å². The molecule has 1 aliphatic heterocycles. The largest absolute Gasteiger partial charge is 0.507 e. The highest BCUT2D eigenvalue weighted by Gasteiger charge is 2.47. The lowest BCUT2D eigenvalue weighted by Crippen LogP contribution is -2.29. The third-order valence-electron chi connectivity index (χ3n) is 5.77. The van der Waals surface area contributed by atoms with Crippen LogP contribution in [0.25, 0.3) is 5.76 Å². The van der Waals surface area contributed by atoms with Crippen LogP contribution in [0.1, 0.15) is 33.9 Å². The molecule has 4 rings (SSSR count). The molecule has 1 fully saturated rings. The maximum Gasteiger partial charge on any atom is 0.300 e. The average molecular weight is 445 g/mol. The molecule has 0 saturated carbocycles. The molecule has 1 saturated heterocycles. The van der Waals surface area contributed by atoms with Crippen LogP contribution < -0.4 is 9.64 Å². The van der Waals surface area contributed by atoms with Crippen molar-refractivity contribution in [2.24, 2.45) is 0 Å². The van der Waals surface area contributed by atoms with Crippen molar-refractivity contribution < 1.29 is 23.8 Å². The first-order valence-corrected chi connectivity index (χ1v) is 10.5. The SMILES string of the molecule is COc1c(C)cc(C)cc1/C(O)=C1\C(=O)C(=O)N(c2cccc(F)c2)C1c1cccc(C)c1. The number of carbonyl (C=O) groups is 2. The average Bonchev–Trinajstić information content (AvgIpc) is 3.03. The van der Waals surface area contributed by atoms with Gasteiger partial charge in [0.05, 0.1) is 24.3 Å². The van der Waals surface area contributed by atoms with Crippen LogP contribution >= 0.6 is 0 Å². The summed E-state index contributed by atoms with van der Waals surface area (Å²) in [5.74, 6) is -2.13. The zero-order valence-electron chi connectivity index (χ0n) is 18.8. The van der Waals surface area contributed by atoms with E-state index in [0.717, 1.165) is 16.7 Å². The van der Waals surface area contributed by atoms with Gasteiger partial charge in [-0.05, 0) is 61.7 Å². The van der Waals surface area contributed by atoms with E-state index >= 15 is 0 Å². The van der Waals surface area contributed by atoms with Crippen LogP contribution in [0.4, 0.5) is 10.1 Å². The monoisotopic (exact) mass is 445 g/mol. The van der Waals surface area contributed by atoms with Crippen LogP contribution in [0.3, 0.4) is 0 Å². The molecule has 0 radical (unpaired) electrons. The topological polar surface area (TPSA) is 66.8 Å². The molecule has 1 N–H and O–H groups in total. The highest BCUT2D eigenvalue weighted by atomic mass is 19.1. The van der Waals surface area contributed by atoms with E-state index in [0.29, 0.717) is 16.9 Å². The molecule has 3 aromatic carbocycles. The van der Waals surface area contributed by atoms with E-state index in [2.05, 4.69) is 0 Å². The van der Waals surface area contributed by atoms with E-state index in [9.17, 15) is 19.1 Å². The Morgan fingerprint density at radius 2 is 1.70 bits per heavy atom. The lowest BCUT2D eigenvalue weighted by Gasteiger charge is -2.26. The number of aliphatic hydroxyl groups is 1. The highest BCUT2D eigenvalue weighted by molar-refractivity contribution is 6.51. The maximum atomic E-state index is 14.0. The molecule has 1 atom stereocenters. The molecule has 1 aliphatic rings. The number of carbonyl (C=O) groups excluding carboxylic acids is 2. The van der Waals surface area contributed by atoms with E-state index in [1.807, 2.05) is 45.0 Å². The Morgan fingerprint density at radius 3 is 2.36 bits per heavy atom. The molecule has 0 spiro atoms. The van der Waals surface area contributed by atoms with Gasteiger partial charge in [-0.1, -0.05) is 42.0 Å². The van der Waals surface area contributed by atoms with Crippen LogP contribution in [-0.2, 0) is 9.59 Å². The molecule has 3 aromatic rings. The van der Waals surface area contributed by atoms with Gasteiger partial charge in [0.25, 0.3) is 11.7 Å². The second-order valence-electron chi connectivity index (χ2n) is 8.23. The van der Waals surface area contributed by atoms with E-state index in [1.54, 1.807) is 18.2 Å². The summed E-state index contributed by atoms with van der Waals surface area (Å²) >= 11 is 0. The molecule has 1 amide bonds. The summed E-state index contributed by atoms with van der Waals surface area (Å²) in [5.41, 5.74) is 3.68. The van der Waals surface area contributed by atoms with Gasteiger partial charge in [0, 0.05) is 5.69 Å². The van der Waals surface area contributed by atoms with Crippen LogP contribution in [0, 0.1) is 26.6 Å². The summed E-state index contributed by atoms with van der Waals surface area (Å²) < 4.78 is 19.6. The minimum absolute atomic E-state index is 0.0711. The molecule has 0 aliphatic carbocycles. The third kappa shape index (κ3) is 3.89. The molecule has 1 heterocycles. The number of anilines is 1. The molecule has 168 valence electrons. The van der Waals surface area contributed by atoms with E-state index in [1.165, 1.54) is 30.2 Å². The second-order valence-corrected chi connectivity index (χ2v) is 8.23. The summed E-state index contributed by atoms with van der Waals surface area (Å²) in [4.78, 5) is 27.7. The van der Waals surface area contributed by atoms with Crippen molar-refractivity contribution >= 4 is 23.1 Å². The molecule has 6 heteroatoms. The van der Waals surface area contributed by atoms with E-state index < -0.39 is 23.5 Å². The lowest BCUT2D eigenvalue weighted by molar-refractivity contribution is -0.132. The number of hydrogen-bond donors (Lipinski definition) is 1. The fourth-order valence-electron chi connectivity index (χ4n) is 4.43. The van der Waals surface area contributed by atoms with Crippen molar-refractivity contribution in [1.29, 1.82) is 0 Å². The second kappa shape index (κ2) is 8.54. The predicted octanol–water partition coefficient (Wildman–Crippen LogP) is 5.39. The Kier molecular flexibility index (Phi) is 5.77. The van der Waals surface area contributed by atoms with Crippen molar-refractivity contribution in [2.45, 2.75) is 26.8 Å². The van der Waals surface area contributed by atoms with Crippen LogP contribution in [0.2, 0.25) is 0 Å². The first kappa shape index (κ1) is 22.3. The number of ether oxygens (including phenoxy) is 1. The number of benzene rings is 3. The highest BCUT2D eigenvalue weighted by Crippen LogP contribution is 2.44. The minimum atomic E-state index is -0.933. The van der Waals surface area contributed by atoms with Crippen molar-refractivity contribution in [3.05, 3.63) is 99.9 Å². The van der Waals surface area contributed by atoms with Crippen LogP contribution in [-0.4, -0.2) is 23.9 Å². The van der Waals surface area contributed by atoms with Crippen molar-refractivity contribution in [2.75, 3.05) is 12.0 Å². The Bertz CT molecular complexity index is 1310. The Hall–Kier alpha value is -3.93. The smallest absolute Gasteiger partial charge is 0.300 e. The van der Waals surface area contributed by atoms with E-state index in [4.69, 9.17) is 4.74 Å². The lowest BCUT2D eigenvalue weighted by atomic mass is 9.93. The number of hydrogen-bond acceptors (Lipinski definition) is 4. The van der Waals surface area contributed by atoms with Crippen molar-refractivity contribution in [1.82, 2.24) is 0 Å². The first-order chi connectivity index (χ1) is 15.7. The first-order valence-electron chi connectivity index (χ1n) is 10.5. The van der Waals surface area contributed by atoms with Crippen molar-refractivity contribution in [3.63, 3.8) is 0 Å². The fourth-order valence-corrected chi connectivity index (χ4v) is 4.43. The van der Waals surface area contributed by atoms with Gasteiger partial charge in [0.15, 0.2) is 0 Å². The van der Waals surface area contributed by atoms with Crippen molar-refractivity contribution in [3.8, 4) is 5.75 Å². The summed E-state index contributed by atoms with van der Waals surface area (Å²) in [6, 6.07) is 15.5. The minimum Gasteiger partial charge on any atom is -0.507 e. The Morgan fingerprint density at radius 1 is 0.970 bits per heavy atom. The van der Waals surface area contributed by atoms with Gasteiger partial charge >= 0.3 is 0 Å². The van der Waals surface area contributed by atoms with Crippen LogP contribution in [0.5, 0.6) is 5.75 Å². The normalized spacial score (nSPS) is 17.5. The molecule has 0 aromatic heterocycles. The quantitative estimate of drug-likeness (QED) is 0.332. The van der Waals surface area contributed by atoms with Gasteiger partial charge in [-0.25, -0.2) is 4.39 Å². The third-order valence-corrected chi connectivity index (χ3v) is 5.77. The number of amides is 1. The van der Waals surface area contributed by atoms with E-state index in [-0.39, 0.29) is 17.0 Å². The van der Waals surface area contributed by atoms with Crippen LogP contribution in [0.15, 0.2) is 66.2 Å². The summed E-state index contributed by atoms with van der Waals surface area (Å²) in [6.45, 7) is 5.60. The number of aryl methyl sites for hydroxylation is 3. The number of halogens is 1. The van der Waals surface area contributed by atoms with Gasteiger partial charge in [-0.15, -0.1) is 0 Å². The summed E-state index contributed by atoms with van der Waals surface area (Å²) in [6.07, 6.45) is 0. The number of rotatable bonds is 4. The standard InChI is InChI=1S/C27H24FNO4/c1-15-7-5-8-18(12-15)23-22(24(30)21-13-16(2)11-17(3)26(21)33-4)25(31)27(32)29(23)20-10-6-9-19(28)14-20/h5-14,23,30H,1-4H3/b24-22+. The summed E-state index contributed by atoms with van der Waals surface area (Å²) in [7, 11) is 1.48. The van der Waals surface area contributed by atoms with Gasteiger partial charge in [-0.2, -0.15) is 0 Å².